The number of carbonyl (C=O) groups excluding carboxylic acids is 2. The van der Waals surface area contributed by atoms with Gasteiger partial charge >= 0.3 is 0 Å². The van der Waals surface area contributed by atoms with Gasteiger partial charge in [0.2, 0.25) is 0 Å². The lowest BCUT2D eigenvalue weighted by atomic mass is 10.0. The lowest BCUT2D eigenvalue weighted by molar-refractivity contribution is 0.0561. The lowest BCUT2D eigenvalue weighted by Gasteiger charge is -2.35. The quantitative estimate of drug-likeness (QED) is 0.866. The van der Waals surface area contributed by atoms with E-state index in [2.05, 4.69) is 5.32 Å². The van der Waals surface area contributed by atoms with Gasteiger partial charge in [0.05, 0.1) is 38.2 Å². The molecule has 0 spiro atoms. The van der Waals surface area contributed by atoms with E-state index in [4.69, 9.17) is 13.9 Å². The number of rotatable bonds is 5. The van der Waals surface area contributed by atoms with Crippen LogP contribution in [-0.2, 0) is 0 Å². The van der Waals surface area contributed by atoms with Gasteiger partial charge in [0.25, 0.3) is 11.8 Å². The molecule has 0 saturated carbocycles. The predicted molar refractivity (Wildman–Crippen MR) is 94.9 cm³/mol. The Hall–Kier alpha value is -3.03. The number of likely N-dealkylation sites (tertiary alicyclic amines) is 1. The van der Waals surface area contributed by atoms with Crippen molar-refractivity contribution in [2.24, 2.45) is 0 Å². The summed E-state index contributed by atoms with van der Waals surface area (Å²) in [5.74, 6) is 0.141. The molecule has 2 amide bonds. The predicted octanol–water partition coefficient (Wildman–Crippen LogP) is 2.28. The monoisotopic (exact) mass is 376 g/mol. The number of halogens is 1. The number of amides is 2. The van der Waals surface area contributed by atoms with Crippen LogP contribution in [0.3, 0.4) is 0 Å². The topological polar surface area (TPSA) is 81.0 Å². The molecule has 0 unspecified atom stereocenters. The molecule has 2 atom stereocenters. The lowest BCUT2D eigenvalue weighted by Crippen LogP contribution is -2.53. The van der Waals surface area contributed by atoms with E-state index in [0.29, 0.717) is 17.1 Å². The second kappa shape index (κ2) is 8.11. The Morgan fingerprint density at radius 2 is 2.04 bits per heavy atom. The number of nitrogens with one attached hydrogen (secondary N) is 1. The largest absolute Gasteiger partial charge is 0.497 e. The fourth-order valence-corrected chi connectivity index (χ4v) is 3.13. The number of methoxy groups -OCH3 is 2. The van der Waals surface area contributed by atoms with Gasteiger partial charge in [-0.3, -0.25) is 9.59 Å². The zero-order chi connectivity index (χ0) is 19.4. The first kappa shape index (κ1) is 18.8. The summed E-state index contributed by atoms with van der Waals surface area (Å²) >= 11 is 0. The van der Waals surface area contributed by atoms with Crippen molar-refractivity contribution < 1.29 is 27.9 Å². The molecule has 144 valence electrons. The molecule has 1 aromatic carbocycles. The van der Waals surface area contributed by atoms with Gasteiger partial charge in [-0.1, -0.05) is 0 Å². The molecule has 8 heteroatoms. The first-order valence-electron chi connectivity index (χ1n) is 8.50. The van der Waals surface area contributed by atoms with Crippen LogP contribution in [0, 0.1) is 0 Å². The van der Waals surface area contributed by atoms with Crippen LogP contribution in [0.1, 0.15) is 27.1 Å². The maximum Gasteiger partial charge on any atom is 0.257 e. The second-order valence-electron chi connectivity index (χ2n) is 6.29. The molecule has 2 heterocycles. The van der Waals surface area contributed by atoms with E-state index in [-0.39, 0.29) is 31.0 Å². The third-order valence-electron chi connectivity index (χ3n) is 4.44. The first-order valence-corrected chi connectivity index (χ1v) is 8.50. The van der Waals surface area contributed by atoms with Crippen LogP contribution in [0.15, 0.2) is 41.2 Å². The van der Waals surface area contributed by atoms with E-state index in [0.717, 1.165) is 0 Å². The molecule has 1 saturated heterocycles. The number of alkyl halides is 1. The fraction of sp³-hybridized carbons (Fsp3) is 0.368. The first-order chi connectivity index (χ1) is 13.0. The zero-order valence-electron chi connectivity index (χ0n) is 15.1. The number of hydrogen-bond donors (Lipinski definition) is 1. The number of piperidine rings is 1. The Kier molecular flexibility index (Phi) is 5.63. The van der Waals surface area contributed by atoms with E-state index < -0.39 is 18.1 Å². The Bertz CT molecular complexity index is 808. The number of nitrogens with zero attached hydrogens (tertiary/aromatic N) is 1. The van der Waals surface area contributed by atoms with E-state index >= 15 is 0 Å². The van der Waals surface area contributed by atoms with Crippen molar-refractivity contribution in [2.75, 3.05) is 27.3 Å². The van der Waals surface area contributed by atoms with Crippen molar-refractivity contribution in [1.82, 2.24) is 10.2 Å². The highest BCUT2D eigenvalue weighted by molar-refractivity contribution is 5.98. The van der Waals surface area contributed by atoms with Gasteiger partial charge in [-0.25, -0.2) is 4.39 Å². The summed E-state index contributed by atoms with van der Waals surface area (Å²) in [6.45, 7) is 0.196. The molecule has 3 rings (SSSR count). The van der Waals surface area contributed by atoms with Crippen molar-refractivity contribution in [3.8, 4) is 11.5 Å². The molecule has 0 aliphatic carbocycles. The van der Waals surface area contributed by atoms with Gasteiger partial charge < -0.3 is 24.1 Å². The molecular formula is C19H21FN2O5. The molecule has 1 fully saturated rings. The fourth-order valence-electron chi connectivity index (χ4n) is 3.13. The van der Waals surface area contributed by atoms with Crippen molar-refractivity contribution in [1.29, 1.82) is 0 Å². The third-order valence-corrected chi connectivity index (χ3v) is 4.44. The minimum absolute atomic E-state index is 0.0150. The maximum absolute atomic E-state index is 14.2. The normalized spacial score (nSPS) is 19.4. The maximum atomic E-state index is 14.2. The van der Waals surface area contributed by atoms with Gasteiger partial charge in [0.15, 0.2) is 0 Å². The van der Waals surface area contributed by atoms with Crippen LogP contribution in [-0.4, -0.2) is 56.2 Å². The Morgan fingerprint density at radius 3 is 2.70 bits per heavy atom. The van der Waals surface area contributed by atoms with Crippen molar-refractivity contribution >= 4 is 11.8 Å². The van der Waals surface area contributed by atoms with E-state index in [1.54, 1.807) is 18.2 Å². The molecule has 7 nitrogen and oxygen atoms in total. The number of furan rings is 1. The van der Waals surface area contributed by atoms with Gasteiger partial charge in [0.1, 0.15) is 23.9 Å². The average molecular weight is 376 g/mol. The summed E-state index contributed by atoms with van der Waals surface area (Å²) < 4.78 is 29.5. The van der Waals surface area contributed by atoms with Gasteiger partial charge in [0, 0.05) is 19.0 Å². The molecule has 0 bridgehead atoms. The number of benzene rings is 1. The van der Waals surface area contributed by atoms with Crippen molar-refractivity contribution in [2.45, 2.75) is 18.6 Å². The zero-order valence-corrected chi connectivity index (χ0v) is 15.1. The van der Waals surface area contributed by atoms with E-state index in [9.17, 15) is 14.0 Å². The Morgan fingerprint density at radius 1 is 1.22 bits per heavy atom. The van der Waals surface area contributed by atoms with Crippen LogP contribution in [0.4, 0.5) is 4.39 Å². The molecule has 1 aliphatic heterocycles. The number of ether oxygens (including phenoxy) is 2. The molecule has 1 aromatic heterocycles. The SMILES string of the molecule is COc1ccc(OC)c(C(=O)N[C@H]2C[C@@H](F)CN(C(=O)c3ccoc3)C2)c1. The van der Waals surface area contributed by atoms with Crippen LogP contribution >= 0.6 is 0 Å². The highest BCUT2D eigenvalue weighted by Crippen LogP contribution is 2.25. The molecule has 2 aromatic rings. The number of carbonyl (C=O) groups is 2. The minimum atomic E-state index is -1.23. The molecule has 1 N–H and O–H groups in total. The summed E-state index contributed by atoms with van der Waals surface area (Å²) in [5, 5.41) is 2.79. The highest BCUT2D eigenvalue weighted by atomic mass is 19.1. The summed E-state index contributed by atoms with van der Waals surface area (Å²) in [6.07, 6.45) is 1.61. The van der Waals surface area contributed by atoms with Gasteiger partial charge in [-0.2, -0.15) is 0 Å². The minimum Gasteiger partial charge on any atom is -0.497 e. The van der Waals surface area contributed by atoms with E-state index in [1.165, 1.54) is 37.7 Å². The van der Waals surface area contributed by atoms with Gasteiger partial charge in [-0.15, -0.1) is 0 Å². The second-order valence-corrected chi connectivity index (χ2v) is 6.29. The summed E-state index contributed by atoms with van der Waals surface area (Å²) in [4.78, 5) is 26.5. The summed E-state index contributed by atoms with van der Waals surface area (Å²) in [5.41, 5.74) is 0.634. The summed E-state index contributed by atoms with van der Waals surface area (Å²) in [7, 11) is 2.96. The van der Waals surface area contributed by atoms with Crippen LogP contribution in [0.2, 0.25) is 0 Å². The van der Waals surface area contributed by atoms with Crippen LogP contribution in [0.25, 0.3) is 0 Å². The third kappa shape index (κ3) is 4.21. The van der Waals surface area contributed by atoms with Crippen molar-refractivity contribution in [3.05, 3.63) is 47.9 Å². The van der Waals surface area contributed by atoms with Crippen LogP contribution < -0.4 is 14.8 Å². The molecule has 1 aliphatic rings. The van der Waals surface area contributed by atoms with E-state index in [1.807, 2.05) is 0 Å². The van der Waals surface area contributed by atoms with Crippen LogP contribution in [0.5, 0.6) is 11.5 Å². The smallest absolute Gasteiger partial charge is 0.257 e. The Labute approximate surface area is 156 Å². The Balaban J connectivity index is 1.73. The summed E-state index contributed by atoms with van der Waals surface area (Å²) in [6, 6.07) is 5.87. The standard InChI is InChI=1S/C19H21FN2O5/c1-25-15-3-4-17(26-2)16(8-15)18(23)21-14-7-13(20)9-22(10-14)19(24)12-5-6-27-11-12/h3-6,8,11,13-14H,7,9-10H2,1-2H3,(H,21,23)/t13-,14+/m1/s1. The molecular weight excluding hydrogens is 355 g/mol. The van der Waals surface area contributed by atoms with Gasteiger partial charge in [-0.05, 0) is 24.3 Å². The highest BCUT2D eigenvalue weighted by Gasteiger charge is 2.32. The molecule has 27 heavy (non-hydrogen) atoms. The van der Waals surface area contributed by atoms with Crippen molar-refractivity contribution in [3.63, 3.8) is 0 Å². The number of hydrogen-bond acceptors (Lipinski definition) is 5. The average Bonchev–Trinajstić information content (AvgIpc) is 3.21. The molecule has 0 radical (unpaired) electrons.